The lowest BCUT2D eigenvalue weighted by atomic mass is 10.3. The van der Waals surface area contributed by atoms with Crippen LogP contribution in [0.4, 0.5) is 19.0 Å². The van der Waals surface area contributed by atoms with Crippen LogP contribution in [0.15, 0.2) is 18.5 Å². The van der Waals surface area contributed by atoms with Crippen molar-refractivity contribution in [3.8, 4) is 0 Å². The van der Waals surface area contributed by atoms with Crippen LogP contribution in [0.3, 0.4) is 0 Å². The van der Waals surface area contributed by atoms with E-state index in [2.05, 4.69) is 15.4 Å². The summed E-state index contributed by atoms with van der Waals surface area (Å²) in [6.45, 7) is 0.702. The molecule has 0 spiro atoms. The van der Waals surface area contributed by atoms with Gasteiger partial charge in [0.1, 0.15) is 5.52 Å². The molecule has 2 aromatic rings. The van der Waals surface area contributed by atoms with E-state index in [0.29, 0.717) is 17.9 Å². The highest BCUT2D eigenvalue weighted by Gasteiger charge is 2.41. The van der Waals surface area contributed by atoms with E-state index in [1.807, 2.05) is 6.26 Å². The number of alkyl halides is 3. The molecule has 0 bridgehead atoms. The smallest absolute Gasteiger partial charge is 0.367 e. The van der Waals surface area contributed by atoms with Gasteiger partial charge in [-0.1, -0.05) is 0 Å². The van der Waals surface area contributed by atoms with Gasteiger partial charge in [0.15, 0.2) is 11.5 Å². The molecule has 108 valence electrons. The molecule has 3 rings (SSSR count). The first kappa shape index (κ1) is 13.5. The van der Waals surface area contributed by atoms with Gasteiger partial charge < -0.3 is 5.32 Å². The highest BCUT2D eigenvalue weighted by molar-refractivity contribution is 8.00. The van der Waals surface area contributed by atoms with E-state index in [1.165, 1.54) is 16.9 Å². The Hall–Kier alpha value is -1.44. The maximum atomic E-state index is 12.7. The van der Waals surface area contributed by atoms with Crippen LogP contribution in [0.1, 0.15) is 18.5 Å². The van der Waals surface area contributed by atoms with Gasteiger partial charge in [-0.2, -0.15) is 30.0 Å². The summed E-state index contributed by atoms with van der Waals surface area (Å²) in [5.74, 6) is 0.441. The Kier molecular flexibility index (Phi) is 3.07. The summed E-state index contributed by atoms with van der Waals surface area (Å²) in [5, 5.41) is 6.68. The second kappa shape index (κ2) is 4.54. The molecule has 1 aliphatic rings. The van der Waals surface area contributed by atoms with Gasteiger partial charge in [0.05, 0.1) is 0 Å². The van der Waals surface area contributed by atoms with Crippen molar-refractivity contribution in [2.75, 3.05) is 18.1 Å². The Bertz CT molecular complexity index is 633. The Morgan fingerprint density at radius 2 is 2.20 bits per heavy atom. The van der Waals surface area contributed by atoms with Gasteiger partial charge >= 0.3 is 6.18 Å². The van der Waals surface area contributed by atoms with Gasteiger partial charge in [-0.05, 0) is 19.1 Å². The first-order chi connectivity index (χ1) is 9.43. The standard InChI is InChI=1S/C12H13F3N4S/c1-20-11(2-3-11)7-17-10-8-6-9(12(13,14)15)18-19(8)5-4-16-10/h4-6H,2-3,7H2,1H3,(H,16,17). The molecule has 2 aromatic heterocycles. The molecule has 1 fully saturated rings. The van der Waals surface area contributed by atoms with Crippen molar-refractivity contribution in [1.82, 2.24) is 14.6 Å². The number of fused-ring (bicyclic) bond motifs is 1. The Morgan fingerprint density at radius 1 is 1.45 bits per heavy atom. The third-order valence-electron chi connectivity index (χ3n) is 3.50. The molecule has 1 aliphatic carbocycles. The number of nitrogens with one attached hydrogen (secondary N) is 1. The predicted octanol–water partition coefficient (Wildman–Crippen LogP) is 3.06. The van der Waals surface area contributed by atoms with Gasteiger partial charge in [-0.15, -0.1) is 0 Å². The average Bonchev–Trinajstić information content (AvgIpc) is 3.04. The maximum absolute atomic E-state index is 12.7. The molecule has 1 N–H and O–H groups in total. The molecule has 1 saturated carbocycles. The lowest BCUT2D eigenvalue weighted by Gasteiger charge is -2.13. The fraction of sp³-hybridized carbons (Fsp3) is 0.500. The van der Waals surface area contributed by atoms with E-state index in [0.717, 1.165) is 18.9 Å². The monoisotopic (exact) mass is 302 g/mol. The van der Waals surface area contributed by atoms with Crippen LogP contribution in [-0.2, 0) is 6.18 Å². The van der Waals surface area contributed by atoms with E-state index in [9.17, 15) is 13.2 Å². The molecule has 20 heavy (non-hydrogen) atoms. The van der Waals surface area contributed by atoms with Crippen LogP contribution in [-0.4, -0.2) is 32.1 Å². The molecule has 0 aromatic carbocycles. The summed E-state index contributed by atoms with van der Waals surface area (Å²) in [5.41, 5.74) is -0.559. The summed E-state index contributed by atoms with van der Waals surface area (Å²) in [6, 6.07) is 1.02. The quantitative estimate of drug-likeness (QED) is 0.942. The number of thioether (sulfide) groups is 1. The van der Waals surface area contributed by atoms with Gasteiger partial charge in [-0.25, -0.2) is 9.50 Å². The molecule has 0 radical (unpaired) electrons. The minimum atomic E-state index is -4.44. The van der Waals surface area contributed by atoms with Crippen molar-refractivity contribution in [3.05, 3.63) is 24.2 Å². The summed E-state index contributed by atoms with van der Waals surface area (Å²) in [4.78, 5) is 4.12. The van der Waals surface area contributed by atoms with E-state index >= 15 is 0 Å². The van der Waals surface area contributed by atoms with E-state index in [-0.39, 0.29) is 4.75 Å². The Balaban J connectivity index is 1.89. The van der Waals surface area contributed by atoms with Gasteiger partial charge in [0.2, 0.25) is 0 Å². The zero-order valence-electron chi connectivity index (χ0n) is 10.7. The number of halogens is 3. The Labute approximate surface area is 117 Å². The number of hydrogen-bond acceptors (Lipinski definition) is 4. The van der Waals surface area contributed by atoms with Crippen LogP contribution in [0.2, 0.25) is 0 Å². The molecule has 0 amide bonds. The number of rotatable bonds is 4. The Morgan fingerprint density at radius 3 is 2.80 bits per heavy atom. The maximum Gasteiger partial charge on any atom is 0.435 e. The van der Waals surface area contributed by atoms with E-state index < -0.39 is 11.9 Å². The highest BCUT2D eigenvalue weighted by atomic mass is 32.2. The topological polar surface area (TPSA) is 42.2 Å². The van der Waals surface area contributed by atoms with E-state index in [1.54, 1.807) is 11.8 Å². The number of anilines is 1. The minimum absolute atomic E-state index is 0.210. The summed E-state index contributed by atoms with van der Waals surface area (Å²) in [7, 11) is 0. The lowest BCUT2D eigenvalue weighted by Crippen LogP contribution is -2.18. The summed E-state index contributed by atoms with van der Waals surface area (Å²) in [6.07, 6.45) is 2.70. The van der Waals surface area contributed by atoms with Crippen LogP contribution in [0, 0.1) is 0 Å². The largest absolute Gasteiger partial charge is 0.435 e. The number of hydrogen-bond donors (Lipinski definition) is 1. The molecular weight excluding hydrogens is 289 g/mol. The normalized spacial score (nSPS) is 17.4. The number of aromatic nitrogens is 3. The minimum Gasteiger partial charge on any atom is -0.367 e. The molecule has 2 heterocycles. The second-order valence-corrected chi connectivity index (χ2v) is 6.15. The van der Waals surface area contributed by atoms with Gasteiger partial charge in [0, 0.05) is 29.8 Å². The fourth-order valence-electron chi connectivity index (χ4n) is 2.03. The first-order valence-corrected chi connectivity index (χ1v) is 7.37. The zero-order valence-corrected chi connectivity index (χ0v) is 11.6. The van der Waals surface area contributed by atoms with Crippen LogP contribution in [0.5, 0.6) is 0 Å². The van der Waals surface area contributed by atoms with Crippen molar-refractivity contribution in [2.24, 2.45) is 0 Å². The van der Waals surface area contributed by atoms with Crippen molar-refractivity contribution in [1.29, 1.82) is 0 Å². The number of nitrogens with zero attached hydrogens (tertiary/aromatic N) is 3. The average molecular weight is 302 g/mol. The van der Waals surface area contributed by atoms with Crippen LogP contribution in [0.25, 0.3) is 5.52 Å². The van der Waals surface area contributed by atoms with Crippen molar-refractivity contribution in [3.63, 3.8) is 0 Å². The highest BCUT2D eigenvalue weighted by Crippen LogP contribution is 2.47. The summed E-state index contributed by atoms with van der Waals surface area (Å²) >= 11 is 1.78. The summed E-state index contributed by atoms with van der Waals surface area (Å²) < 4.78 is 39.4. The zero-order chi connectivity index (χ0) is 14.4. The predicted molar refractivity (Wildman–Crippen MR) is 72.0 cm³/mol. The van der Waals surface area contributed by atoms with Crippen molar-refractivity contribution < 1.29 is 13.2 Å². The van der Waals surface area contributed by atoms with Crippen molar-refractivity contribution >= 4 is 23.1 Å². The molecule has 0 saturated heterocycles. The van der Waals surface area contributed by atoms with Crippen LogP contribution < -0.4 is 5.32 Å². The SMILES string of the molecule is CSC1(CNc2nccn3nc(C(F)(F)F)cc23)CC1. The molecule has 8 heteroatoms. The molecule has 4 nitrogen and oxygen atoms in total. The second-order valence-electron chi connectivity index (χ2n) is 4.87. The van der Waals surface area contributed by atoms with Gasteiger partial charge in [-0.3, -0.25) is 0 Å². The fourth-order valence-corrected chi connectivity index (χ4v) is 2.76. The molecule has 0 unspecified atom stereocenters. The van der Waals surface area contributed by atoms with Gasteiger partial charge in [0.25, 0.3) is 0 Å². The molecular formula is C12H13F3N4S. The third-order valence-corrected chi connectivity index (χ3v) is 4.92. The lowest BCUT2D eigenvalue weighted by molar-refractivity contribution is -0.141. The van der Waals surface area contributed by atoms with Crippen LogP contribution >= 0.6 is 11.8 Å². The van der Waals surface area contributed by atoms with Crippen molar-refractivity contribution in [2.45, 2.75) is 23.8 Å². The first-order valence-electron chi connectivity index (χ1n) is 6.14. The van der Waals surface area contributed by atoms with E-state index in [4.69, 9.17) is 0 Å². The molecule has 0 atom stereocenters. The molecule has 0 aliphatic heterocycles. The third kappa shape index (κ3) is 2.44.